The number of hydrogen-bond donors (Lipinski definition) is 1. The van der Waals surface area contributed by atoms with Crippen LogP contribution in [0.3, 0.4) is 0 Å². The highest BCUT2D eigenvalue weighted by Crippen LogP contribution is 2.33. The molecule has 0 aliphatic heterocycles. The van der Waals surface area contributed by atoms with E-state index < -0.39 is 14.6 Å². The van der Waals surface area contributed by atoms with Gasteiger partial charge in [0, 0.05) is 24.3 Å². The first kappa shape index (κ1) is 15.8. The number of pyridine rings is 1. The third-order valence-corrected chi connectivity index (χ3v) is 6.24. The molecule has 0 spiro atoms. The number of aromatic nitrogens is 1. The van der Waals surface area contributed by atoms with Crippen LogP contribution in [0.1, 0.15) is 33.3 Å². The predicted molar refractivity (Wildman–Crippen MR) is 87.6 cm³/mol. The molecule has 0 unspecified atom stereocenters. The molecule has 0 aliphatic rings. The number of aryl methyl sites for hydroxylation is 1. The Morgan fingerprint density at radius 3 is 2.43 bits per heavy atom. The van der Waals surface area contributed by atoms with Crippen LogP contribution in [0.2, 0.25) is 0 Å². The van der Waals surface area contributed by atoms with Crippen molar-refractivity contribution in [3.8, 4) is 0 Å². The molecule has 0 radical (unpaired) electrons. The lowest BCUT2D eigenvalue weighted by molar-refractivity contribution is 0.559. The molecule has 0 bridgehead atoms. The van der Waals surface area contributed by atoms with Crippen molar-refractivity contribution in [1.29, 1.82) is 0 Å². The summed E-state index contributed by atoms with van der Waals surface area (Å²) in [6.07, 6.45) is 2.39. The van der Waals surface area contributed by atoms with Crippen LogP contribution in [-0.4, -0.2) is 25.2 Å². The van der Waals surface area contributed by atoms with Crippen molar-refractivity contribution in [2.24, 2.45) is 0 Å². The minimum Gasteiger partial charge on any atom is -0.388 e. The molecule has 21 heavy (non-hydrogen) atoms. The van der Waals surface area contributed by atoms with Crippen molar-refractivity contribution in [1.82, 2.24) is 4.98 Å². The lowest BCUT2D eigenvalue weighted by atomic mass is 10.1. The van der Waals surface area contributed by atoms with Gasteiger partial charge in [0.15, 0.2) is 9.84 Å². The van der Waals surface area contributed by atoms with Crippen molar-refractivity contribution in [2.75, 3.05) is 12.4 Å². The zero-order valence-electron chi connectivity index (χ0n) is 13.2. The van der Waals surface area contributed by atoms with Gasteiger partial charge in [-0.1, -0.05) is 6.92 Å². The van der Waals surface area contributed by atoms with Crippen LogP contribution in [0, 0.1) is 0 Å². The molecule has 114 valence electrons. The number of rotatable bonds is 3. The maximum absolute atomic E-state index is 12.8. The highest BCUT2D eigenvalue weighted by atomic mass is 32.2. The maximum Gasteiger partial charge on any atom is 0.183 e. The molecular weight excluding hydrogens is 284 g/mol. The second-order valence-electron chi connectivity index (χ2n) is 6.05. The molecule has 1 heterocycles. The van der Waals surface area contributed by atoms with E-state index >= 15 is 0 Å². The molecule has 0 fully saturated rings. The van der Waals surface area contributed by atoms with Crippen LogP contribution in [0.25, 0.3) is 10.9 Å². The Labute approximate surface area is 126 Å². The number of anilines is 1. The van der Waals surface area contributed by atoms with Gasteiger partial charge >= 0.3 is 0 Å². The normalized spacial score (nSPS) is 12.6. The molecule has 0 atom stereocenters. The molecule has 4 nitrogen and oxygen atoms in total. The largest absolute Gasteiger partial charge is 0.388 e. The van der Waals surface area contributed by atoms with Crippen LogP contribution >= 0.6 is 0 Å². The Morgan fingerprint density at radius 1 is 1.24 bits per heavy atom. The van der Waals surface area contributed by atoms with Gasteiger partial charge in [0.25, 0.3) is 0 Å². The van der Waals surface area contributed by atoms with E-state index in [4.69, 9.17) is 0 Å². The third kappa shape index (κ3) is 2.62. The highest BCUT2D eigenvalue weighted by molar-refractivity contribution is 7.92. The fourth-order valence-electron chi connectivity index (χ4n) is 2.29. The zero-order chi connectivity index (χ0) is 15.8. The summed E-state index contributed by atoms with van der Waals surface area (Å²) in [4.78, 5) is 4.76. The summed E-state index contributed by atoms with van der Waals surface area (Å²) in [7, 11) is -1.57. The average Bonchev–Trinajstić information content (AvgIpc) is 2.43. The third-order valence-electron chi connectivity index (χ3n) is 3.67. The molecule has 2 rings (SSSR count). The van der Waals surface area contributed by atoms with Crippen molar-refractivity contribution in [2.45, 2.75) is 43.8 Å². The van der Waals surface area contributed by atoms with Gasteiger partial charge < -0.3 is 5.32 Å². The van der Waals surface area contributed by atoms with E-state index in [-0.39, 0.29) is 0 Å². The van der Waals surface area contributed by atoms with Crippen LogP contribution in [0.5, 0.6) is 0 Å². The number of fused-ring (bicyclic) bond motifs is 1. The summed E-state index contributed by atoms with van der Waals surface area (Å²) in [5.74, 6) is 0. The maximum atomic E-state index is 12.8. The van der Waals surface area contributed by atoms with Crippen molar-refractivity contribution < 1.29 is 8.42 Å². The monoisotopic (exact) mass is 306 g/mol. The summed E-state index contributed by atoms with van der Waals surface area (Å²) in [6.45, 7) is 7.15. The minimum atomic E-state index is -3.39. The van der Waals surface area contributed by atoms with Gasteiger partial charge in [-0.2, -0.15) is 0 Å². The summed E-state index contributed by atoms with van der Waals surface area (Å²) in [5, 5.41) is 3.92. The lowest BCUT2D eigenvalue weighted by Crippen LogP contribution is -2.28. The molecule has 0 aliphatic carbocycles. The summed E-state index contributed by atoms with van der Waals surface area (Å²) in [6, 6.07) is 5.49. The molecule has 1 aromatic heterocycles. The first-order chi connectivity index (χ1) is 9.72. The quantitative estimate of drug-likeness (QED) is 0.944. The Hall–Kier alpha value is -1.62. The van der Waals surface area contributed by atoms with Gasteiger partial charge in [0.1, 0.15) is 0 Å². The van der Waals surface area contributed by atoms with E-state index in [2.05, 4.69) is 10.3 Å². The Balaban J connectivity index is 2.86. The number of hydrogen-bond acceptors (Lipinski definition) is 4. The molecule has 0 saturated heterocycles. The number of sulfone groups is 1. The molecular formula is C16H22N2O2S. The highest BCUT2D eigenvalue weighted by Gasteiger charge is 2.32. The van der Waals surface area contributed by atoms with Crippen molar-refractivity contribution >= 4 is 26.4 Å². The van der Waals surface area contributed by atoms with Gasteiger partial charge in [-0.05, 0) is 51.0 Å². The van der Waals surface area contributed by atoms with Gasteiger partial charge in [0.2, 0.25) is 0 Å². The van der Waals surface area contributed by atoms with E-state index in [1.54, 1.807) is 33.0 Å². The van der Waals surface area contributed by atoms with Crippen LogP contribution in [-0.2, 0) is 16.3 Å². The topological polar surface area (TPSA) is 59.1 Å². The molecule has 0 saturated carbocycles. The smallest absolute Gasteiger partial charge is 0.183 e. The summed E-state index contributed by atoms with van der Waals surface area (Å²) in [5.41, 5.74) is 2.51. The standard InChI is InChI=1S/C16H22N2O2S/c1-6-11-9-14-12(13(17-5)7-8-18-14)10-15(11)21(19,20)16(2,3)4/h7-10H,6H2,1-5H3,(H,17,18). The van der Waals surface area contributed by atoms with Crippen LogP contribution < -0.4 is 5.32 Å². The Bertz CT molecular complexity index is 775. The van der Waals surface area contributed by atoms with Gasteiger partial charge in [-0.15, -0.1) is 0 Å². The van der Waals surface area contributed by atoms with Crippen LogP contribution in [0.4, 0.5) is 5.69 Å². The lowest BCUT2D eigenvalue weighted by Gasteiger charge is -2.22. The number of nitrogens with zero attached hydrogens (tertiary/aromatic N) is 1. The first-order valence-electron chi connectivity index (χ1n) is 7.06. The average molecular weight is 306 g/mol. The fraction of sp³-hybridized carbons (Fsp3) is 0.438. The van der Waals surface area contributed by atoms with E-state index in [0.29, 0.717) is 11.3 Å². The second-order valence-corrected chi connectivity index (χ2v) is 8.73. The summed E-state index contributed by atoms with van der Waals surface area (Å²) >= 11 is 0. The van der Waals surface area contributed by atoms with Gasteiger partial charge in [0.05, 0.1) is 15.2 Å². The van der Waals surface area contributed by atoms with Gasteiger partial charge in [-0.3, -0.25) is 4.98 Å². The van der Waals surface area contributed by atoms with E-state index in [0.717, 1.165) is 22.2 Å². The Kier molecular flexibility index (Phi) is 3.97. The number of benzene rings is 1. The summed E-state index contributed by atoms with van der Waals surface area (Å²) < 4.78 is 24.8. The number of nitrogens with one attached hydrogen (secondary N) is 1. The van der Waals surface area contributed by atoms with Crippen LogP contribution in [0.15, 0.2) is 29.3 Å². The second kappa shape index (κ2) is 5.30. The van der Waals surface area contributed by atoms with E-state index in [1.807, 2.05) is 26.1 Å². The molecule has 1 N–H and O–H groups in total. The molecule has 2 aromatic rings. The molecule has 0 amide bonds. The van der Waals surface area contributed by atoms with Crippen molar-refractivity contribution in [3.05, 3.63) is 30.0 Å². The minimum absolute atomic E-state index is 0.412. The Morgan fingerprint density at radius 2 is 1.90 bits per heavy atom. The molecule has 5 heteroatoms. The zero-order valence-corrected chi connectivity index (χ0v) is 14.0. The predicted octanol–water partition coefficient (Wildman–Crippen LogP) is 3.41. The molecule has 1 aromatic carbocycles. The van der Waals surface area contributed by atoms with Gasteiger partial charge in [-0.25, -0.2) is 8.42 Å². The first-order valence-corrected chi connectivity index (χ1v) is 8.54. The van der Waals surface area contributed by atoms with E-state index in [9.17, 15) is 8.42 Å². The van der Waals surface area contributed by atoms with Crippen molar-refractivity contribution in [3.63, 3.8) is 0 Å². The SMILES string of the molecule is CCc1cc2nccc(NC)c2cc1S(=O)(=O)C(C)(C)C. The fourth-order valence-corrected chi connectivity index (χ4v) is 3.77. The van der Waals surface area contributed by atoms with E-state index in [1.165, 1.54) is 0 Å².